The van der Waals surface area contributed by atoms with Crippen LogP contribution in [0, 0.1) is 18.8 Å². The van der Waals surface area contributed by atoms with Crippen LogP contribution < -0.4 is 11.1 Å². The van der Waals surface area contributed by atoms with E-state index >= 15 is 0 Å². The molecule has 1 aromatic carbocycles. The van der Waals surface area contributed by atoms with Crippen molar-refractivity contribution in [2.24, 2.45) is 5.73 Å². The number of rotatable bonds is 4. The Morgan fingerprint density at radius 2 is 2.10 bits per heavy atom. The van der Waals surface area contributed by atoms with Crippen molar-refractivity contribution in [3.63, 3.8) is 0 Å². The zero-order chi connectivity index (χ0) is 15.0. The molecule has 0 atom stereocenters. The molecule has 20 heavy (non-hydrogen) atoms. The van der Waals surface area contributed by atoms with E-state index in [0.717, 1.165) is 11.1 Å². The number of nitrogens with two attached hydrogens (primary N) is 1. The summed E-state index contributed by atoms with van der Waals surface area (Å²) >= 11 is 0. The second-order valence-electron chi connectivity index (χ2n) is 4.18. The van der Waals surface area contributed by atoms with Gasteiger partial charge in [-0.05, 0) is 30.7 Å². The van der Waals surface area contributed by atoms with Gasteiger partial charge in [-0.25, -0.2) is 0 Å². The number of methoxy groups -OCH3 is 1. The Morgan fingerprint density at radius 1 is 1.35 bits per heavy atom. The topological polar surface area (TPSA) is 81.4 Å². The van der Waals surface area contributed by atoms with Gasteiger partial charge in [0.1, 0.15) is 0 Å². The summed E-state index contributed by atoms with van der Waals surface area (Å²) in [7, 11) is 1.31. The molecule has 0 saturated carbocycles. The minimum absolute atomic E-state index is 0.147. The summed E-state index contributed by atoms with van der Waals surface area (Å²) < 4.78 is 4.50. The second kappa shape index (κ2) is 7.97. The Morgan fingerprint density at radius 3 is 2.75 bits per heavy atom. The third-order valence-corrected chi connectivity index (χ3v) is 2.52. The van der Waals surface area contributed by atoms with Crippen LogP contribution in [-0.2, 0) is 9.53 Å². The van der Waals surface area contributed by atoms with Gasteiger partial charge in [-0.2, -0.15) is 0 Å². The van der Waals surface area contributed by atoms with Crippen LogP contribution in [0.3, 0.4) is 0 Å². The fourth-order valence-corrected chi connectivity index (χ4v) is 1.62. The van der Waals surface area contributed by atoms with Gasteiger partial charge < -0.3 is 15.8 Å². The van der Waals surface area contributed by atoms with E-state index in [4.69, 9.17) is 5.73 Å². The highest BCUT2D eigenvalue weighted by molar-refractivity contribution is 5.95. The van der Waals surface area contributed by atoms with Crippen LogP contribution in [0.1, 0.15) is 27.9 Å². The minimum atomic E-state index is -0.357. The van der Waals surface area contributed by atoms with E-state index in [1.54, 1.807) is 12.1 Å². The second-order valence-corrected chi connectivity index (χ2v) is 4.18. The maximum absolute atomic E-state index is 12.0. The first kappa shape index (κ1) is 15.7. The molecule has 1 amide bonds. The number of ether oxygens (including phenoxy) is 1. The van der Waals surface area contributed by atoms with Crippen molar-refractivity contribution in [3.05, 3.63) is 34.9 Å². The van der Waals surface area contributed by atoms with Gasteiger partial charge >= 0.3 is 5.97 Å². The van der Waals surface area contributed by atoms with Crippen LogP contribution >= 0.6 is 0 Å². The standard InChI is InChI=1S/C15H18N2O3/c1-11-8-12(4-3-6-16)10-13(9-11)15(19)17-7-5-14(18)20-2/h8-10H,5-7,16H2,1-2H3,(H,17,19). The number of hydrogen-bond acceptors (Lipinski definition) is 4. The highest BCUT2D eigenvalue weighted by atomic mass is 16.5. The summed E-state index contributed by atoms with van der Waals surface area (Å²) in [5, 5.41) is 2.66. The van der Waals surface area contributed by atoms with E-state index in [2.05, 4.69) is 21.9 Å². The summed E-state index contributed by atoms with van der Waals surface area (Å²) in [6.07, 6.45) is 0.147. The molecule has 0 heterocycles. The summed E-state index contributed by atoms with van der Waals surface area (Å²) in [4.78, 5) is 22.9. The lowest BCUT2D eigenvalue weighted by atomic mass is 10.1. The number of benzene rings is 1. The largest absolute Gasteiger partial charge is 0.469 e. The molecule has 0 saturated heterocycles. The highest BCUT2D eigenvalue weighted by Crippen LogP contribution is 2.09. The van der Waals surface area contributed by atoms with Crippen molar-refractivity contribution >= 4 is 11.9 Å². The van der Waals surface area contributed by atoms with Gasteiger partial charge in [0.15, 0.2) is 0 Å². The Bertz CT molecular complexity index is 556. The monoisotopic (exact) mass is 274 g/mol. The van der Waals surface area contributed by atoms with E-state index in [-0.39, 0.29) is 31.4 Å². The van der Waals surface area contributed by atoms with Gasteiger partial charge in [0, 0.05) is 17.7 Å². The summed E-state index contributed by atoms with van der Waals surface area (Å²) in [6, 6.07) is 5.35. The van der Waals surface area contributed by atoms with E-state index in [1.165, 1.54) is 7.11 Å². The fourth-order valence-electron chi connectivity index (χ4n) is 1.62. The molecule has 1 rings (SSSR count). The molecule has 5 heteroatoms. The number of carbonyl (C=O) groups is 2. The van der Waals surface area contributed by atoms with Crippen LogP contribution in [0.4, 0.5) is 0 Å². The number of carbonyl (C=O) groups excluding carboxylic acids is 2. The van der Waals surface area contributed by atoms with Crippen LogP contribution in [0.5, 0.6) is 0 Å². The maximum Gasteiger partial charge on any atom is 0.307 e. The van der Waals surface area contributed by atoms with Crippen LogP contribution in [0.25, 0.3) is 0 Å². The third-order valence-electron chi connectivity index (χ3n) is 2.52. The van der Waals surface area contributed by atoms with Crippen molar-refractivity contribution in [3.8, 4) is 11.8 Å². The highest BCUT2D eigenvalue weighted by Gasteiger charge is 2.08. The molecule has 0 bridgehead atoms. The maximum atomic E-state index is 12.0. The van der Waals surface area contributed by atoms with Crippen molar-refractivity contribution in [2.75, 3.05) is 20.2 Å². The van der Waals surface area contributed by atoms with Gasteiger partial charge in [0.2, 0.25) is 0 Å². The molecule has 0 aromatic heterocycles. The normalized spacial score (nSPS) is 9.35. The molecule has 0 spiro atoms. The molecule has 0 aliphatic heterocycles. The summed E-state index contributed by atoms with van der Waals surface area (Å²) in [6.45, 7) is 2.40. The molecule has 5 nitrogen and oxygen atoms in total. The van der Waals surface area contributed by atoms with E-state index in [9.17, 15) is 9.59 Å². The first-order chi connectivity index (χ1) is 9.56. The van der Waals surface area contributed by atoms with Gasteiger partial charge in [-0.1, -0.05) is 11.8 Å². The number of aryl methyl sites for hydroxylation is 1. The molecule has 1 aromatic rings. The minimum Gasteiger partial charge on any atom is -0.469 e. The third kappa shape index (κ3) is 5.12. The van der Waals surface area contributed by atoms with Crippen LogP contribution in [-0.4, -0.2) is 32.1 Å². The predicted octanol–water partition coefficient (Wildman–Crippen LogP) is 0.598. The molecular formula is C15H18N2O3. The predicted molar refractivity (Wildman–Crippen MR) is 76.1 cm³/mol. The van der Waals surface area contributed by atoms with E-state index in [0.29, 0.717) is 5.56 Å². The van der Waals surface area contributed by atoms with Crippen LogP contribution in [0.15, 0.2) is 18.2 Å². The van der Waals surface area contributed by atoms with Crippen molar-refractivity contribution < 1.29 is 14.3 Å². The zero-order valence-corrected chi connectivity index (χ0v) is 11.7. The molecule has 0 radical (unpaired) electrons. The van der Waals surface area contributed by atoms with Crippen LogP contribution in [0.2, 0.25) is 0 Å². The Labute approximate surface area is 118 Å². The lowest BCUT2D eigenvalue weighted by Gasteiger charge is -2.06. The number of esters is 1. The molecule has 106 valence electrons. The van der Waals surface area contributed by atoms with Crippen molar-refractivity contribution in [2.45, 2.75) is 13.3 Å². The molecule has 0 aliphatic rings. The van der Waals surface area contributed by atoms with E-state index < -0.39 is 0 Å². The Kier molecular flexibility index (Phi) is 6.27. The Balaban J connectivity index is 2.72. The number of hydrogen-bond donors (Lipinski definition) is 2. The molecule has 3 N–H and O–H groups in total. The first-order valence-corrected chi connectivity index (χ1v) is 6.22. The smallest absolute Gasteiger partial charge is 0.307 e. The molecule has 0 fully saturated rings. The molecule has 0 aliphatic carbocycles. The quantitative estimate of drug-likeness (QED) is 0.622. The zero-order valence-electron chi connectivity index (χ0n) is 11.7. The average Bonchev–Trinajstić information content (AvgIpc) is 2.44. The Hall–Kier alpha value is -2.32. The lowest BCUT2D eigenvalue weighted by molar-refractivity contribution is -0.140. The summed E-state index contributed by atoms with van der Waals surface area (Å²) in [5.41, 5.74) is 7.51. The molecule has 0 unspecified atom stereocenters. The SMILES string of the molecule is COC(=O)CCNC(=O)c1cc(C)cc(C#CCN)c1. The van der Waals surface area contributed by atoms with Gasteiger partial charge in [-0.3, -0.25) is 9.59 Å². The van der Waals surface area contributed by atoms with Gasteiger partial charge in [0.25, 0.3) is 5.91 Å². The van der Waals surface area contributed by atoms with Crippen molar-refractivity contribution in [1.82, 2.24) is 5.32 Å². The van der Waals surface area contributed by atoms with Crippen molar-refractivity contribution in [1.29, 1.82) is 0 Å². The molecular weight excluding hydrogens is 256 g/mol. The summed E-state index contributed by atoms with van der Waals surface area (Å²) in [5.74, 6) is 5.04. The van der Waals surface area contributed by atoms with Gasteiger partial charge in [0.05, 0.1) is 20.1 Å². The first-order valence-electron chi connectivity index (χ1n) is 6.22. The number of nitrogens with one attached hydrogen (secondary N) is 1. The average molecular weight is 274 g/mol. The lowest BCUT2D eigenvalue weighted by Crippen LogP contribution is -2.26. The number of amides is 1. The fraction of sp³-hybridized carbons (Fsp3) is 0.333. The van der Waals surface area contributed by atoms with Gasteiger partial charge in [-0.15, -0.1) is 0 Å². The van der Waals surface area contributed by atoms with E-state index in [1.807, 2.05) is 13.0 Å².